The van der Waals surface area contributed by atoms with E-state index in [1.807, 2.05) is 29.2 Å². The van der Waals surface area contributed by atoms with Crippen molar-refractivity contribution in [3.8, 4) is 11.8 Å². The molecule has 1 N–H and O–H groups in total. The van der Waals surface area contributed by atoms with Gasteiger partial charge in [-0.1, -0.05) is 36.5 Å². The van der Waals surface area contributed by atoms with E-state index in [0.717, 1.165) is 36.9 Å². The topological polar surface area (TPSA) is 40.5 Å². The third-order valence-corrected chi connectivity index (χ3v) is 3.51. The lowest BCUT2D eigenvalue weighted by Crippen LogP contribution is -2.29. The third-order valence-electron chi connectivity index (χ3n) is 3.51. The maximum Gasteiger partial charge on any atom is 0.222 e. The highest BCUT2D eigenvalue weighted by Crippen LogP contribution is 2.16. The molecule has 0 spiro atoms. The fourth-order valence-electron chi connectivity index (χ4n) is 2.41. The summed E-state index contributed by atoms with van der Waals surface area (Å²) in [5.74, 6) is 6.29. The lowest BCUT2D eigenvalue weighted by Gasteiger charge is -2.21. The molecule has 0 aliphatic carbocycles. The molecule has 0 aromatic heterocycles. The van der Waals surface area contributed by atoms with Crippen molar-refractivity contribution >= 4 is 5.91 Å². The van der Waals surface area contributed by atoms with Gasteiger partial charge in [0, 0.05) is 31.5 Å². The number of carbonyl (C=O) groups excluding carboxylic acids is 1. The van der Waals surface area contributed by atoms with Crippen molar-refractivity contribution in [2.75, 3.05) is 13.2 Å². The molecular formula is C17H21NO2. The normalized spacial score (nSPS) is 15.4. The summed E-state index contributed by atoms with van der Waals surface area (Å²) in [5, 5.41) is 8.79. The number of nitrogens with zero attached hydrogens (tertiary/aromatic N) is 1. The van der Waals surface area contributed by atoms with E-state index in [-0.39, 0.29) is 12.5 Å². The first-order valence-corrected chi connectivity index (χ1v) is 7.26. The Morgan fingerprint density at radius 2 is 2.05 bits per heavy atom. The first-order chi connectivity index (χ1) is 9.81. The smallest absolute Gasteiger partial charge is 0.222 e. The Morgan fingerprint density at radius 3 is 2.90 bits per heavy atom. The van der Waals surface area contributed by atoms with Crippen LogP contribution in [0.3, 0.4) is 0 Å². The number of benzene rings is 1. The zero-order valence-electron chi connectivity index (χ0n) is 11.8. The van der Waals surface area contributed by atoms with Crippen LogP contribution in [0.15, 0.2) is 24.3 Å². The molecule has 0 atom stereocenters. The van der Waals surface area contributed by atoms with Crippen molar-refractivity contribution in [2.45, 2.75) is 38.6 Å². The molecule has 1 aromatic rings. The quantitative estimate of drug-likeness (QED) is 0.857. The van der Waals surface area contributed by atoms with Crippen molar-refractivity contribution in [1.82, 2.24) is 4.90 Å². The molecule has 0 bridgehead atoms. The van der Waals surface area contributed by atoms with Crippen LogP contribution in [-0.2, 0) is 11.3 Å². The maximum absolute atomic E-state index is 12.0. The van der Waals surface area contributed by atoms with Crippen molar-refractivity contribution < 1.29 is 9.90 Å². The standard InChI is InChI=1S/C17H21NO2/c19-13-7-5-9-15-8-3-4-10-16(15)14-18-12-6-1-2-11-17(18)20/h3-4,8,10,19H,1-2,6-7,11-14H2. The summed E-state index contributed by atoms with van der Waals surface area (Å²) in [4.78, 5) is 14.0. The molecule has 106 valence electrons. The van der Waals surface area contributed by atoms with E-state index >= 15 is 0 Å². The molecule has 1 aliphatic heterocycles. The molecule has 0 saturated carbocycles. The Labute approximate surface area is 120 Å². The van der Waals surface area contributed by atoms with Crippen LogP contribution in [0.1, 0.15) is 43.2 Å². The van der Waals surface area contributed by atoms with Crippen LogP contribution < -0.4 is 0 Å². The van der Waals surface area contributed by atoms with Crippen molar-refractivity contribution in [3.05, 3.63) is 35.4 Å². The van der Waals surface area contributed by atoms with Crippen LogP contribution in [0.2, 0.25) is 0 Å². The molecule has 1 aromatic carbocycles. The maximum atomic E-state index is 12.0. The van der Waals surface area contributed by atoms with Gasteiger partial charge in [0.1, 0.15) is 0 Å². The molecule has 1 saturated heterocycles. The second-order valence-corrected chi connectivity index (χ2v) is 5.06. The summed E-state index contributed by atoms with van der Waals surface area (Å²) in [5.41, 5.74) is 2.05. The van der Waals surface area contributed by atoms with E-state index in [0.29, 0.717) is 19.4 Å². The average molecular weight is 271 g/mol. The molecule has 2 rings (SSSR count). The molecule has 1 amide bonds. The number of rotatable bonds is 3. The van der Waals surface area contributed by atoms with E-state index in [2.05, 4.69) is 11.8 Å². The molecular weight excluding hydrogens is 250 g/mol. The van der Waals surface area contributed by atoms with E-state index in [9.17, 15) is 4.79 Å². The summed E-state index contributed by atoms with van der Waals surface area (Å²) in [7, 11) is 0. The third kappa shape index (κ3) is 4.11. The highest BCUT2D eigenvalue weighted by atomic mass is 16.2. The van der Waals surface area contributed by atoms with Crippen LogP contribution >= 0.6 is 0 Å². The Bertz CT molecular complexity index is 513. The van der Waals surface area contributed by atoms with Gasteiger partial charge in [0.25, 0.3) is 0 Å². The lowest BCUT2D eigenvalue weighted by molar-refractivity contribution is -0.131. The predicted molar refractivity (Wildman–Crippen MR) is 78.9 cm³/mol. The van der Waals surface area contributed by atoms with E-state index < -0.39 is 0 Å². The number of likely N-dealkylation sites (tertiary alicyclic amines) is 1. The minimum absolute atomic E-state index is 0.0831. The van der Waals surface area contributed by atoms with Crippen molar-refractivity contribution in [1.29, 1.82) is 0 Å². The molecule has 1 fully saturated rings. The van der Waals surface area contributed by atoms with Crippen LogP contribution in [0.4, 0.5) is 0 Å². The van der Waals surface area contributed by atoms with Crippen LogP contribution in [-0.4, -0.2) is 29.1 Å². The highest BCUT2D eigenvalue weighted by molar-refractivity contribution is 5.76. The fraction of sp³-hybridized carbons (Fsp3) is 0.471. The molecule has 0 unspecified atom stereocenters. The van der Waals surface area contributed by atoms with Gasteiger partial charge in [-0.3, -0.25) is 4.79 Å². The lowest BCUT2D eigenvalue weighted by atomic mass is 10.1. The van der Waals surface area contributed by atoms with Crippen molar-refractivity contribution in [2.24, 2.45) is 0 Å². The number of carbonyl (C=O) groups is 1. The van der Waals surface area contributed by atoms with Gasteiger partial charge in [-0.15, -0.1) is 0 Å². The average Bonchev–Trinajstić information content (AvgIpc) is 2.66. The van der Waals surface area contributed by atoms with Crippen LogP contribution in [0.25, 0.3) is 0 Å². The monoisotopic (exact) mass is 271 g/mol. The summed E-state index contributed by atoms with van der Waals surface area (Å²) in [6.07, 6.45) is 4.38. The Kier molecular flexibility index (Phi) is 5.64. The largest absolute Gasteiger partial charge is 0.395 e. The van der Waals surface area contributed by atoms with Gasteiger partial charge in [-0.25, -0.2) is 0 Å². The summed E-state index contributed by atoms with van der Waals surface area (Å²) in [6.45, 7) is 1.57. The van der Waals surface area contributed by atoms with Gasteiger partial charge in [-0.2, -0.15) is 0 Å². The number of hydrogen-bond donors (Lipinski definition) is 1. The fourth-order valence-corrected chi connectivity index (χ4v) is 2.41. The van der Waals surface area contributed by atoms with Gasteiger partial charge in [0.05, 0.1) is 6.61 Å². The van der Waals surface area contributed by atoms with Crippen LogP contribution in [0, 0.1) is 11.8 Å². The number of aliphatic hydroxyl groups is 1. The predicted octanol–water partition coefficient (Wildman–Crippen LogP) is 2.32. The van der Waals surface area contributed by atoms with Gasteiger partial charge < -0.3 is 10.0 Å². The molecule has 3 heteroatoms. The highest BCUT2D eigenvalue weighted by Gasteiger charge is 2.17. The summed E-state index contributed by atoms with van der Waals surface area (Å²) in [6, 6.07) is 7.94. The molecule has 20 heavy (non-hydrogen) atoms. The minimum Gasteiger partial charge on any atom is -0.395 e. The second-order valence-electron chi connectivity index (χ2n) is 5.06. The molecule has 3 nitrogen and oxygen atoms in total. The Balaban J connectivity index is 2.12. The zero-order chi connectivity index (χ0) is 14.2. The van der Waals surface area contributed by atoms with Crippen molar-refractivity contribution in [3.63, 3.8) is 0 Å². The second kappa shape index (κ2) is 7.72. The number of amides is 1. The molecule has 1 aliphatic rings. The summed E-state index contributed by atoms with van der Waals surface area (Å²) >= 11 is 0. The first-order valence-electron chi connectivity index (χ1n) is 7.26. The minimum atomic E-state index is 0.0831. The SMILES string of the molecule is O=C1CCCCCN1Cc1ccccc1C#CCCO. The van der Waals surface area contributed by atoms with E-state index in [1.54, 1.807) is 0 Å². The number of aliphatic hydroxyl groups excluding tert-OH is 1. The molecule has 1 heterocycles. The number of hydrogen-bond acceptors (Lipinski definition) is 2. The Hall–Kier alpha value is -1.79. The molecule has 0 radical (unpaired) electrons. The van der Waals surface area contributed by atoms with Crippen LogP contribution in [0.5, 0.6) is 0 Å². The first kappa shape index (κ1) is 14.6. The van der Waals surface area contributed by atoms with Gasteiger partial charge in [0.2, 0.25) is 5.91 Å². The zero-order valence-corrected chi connectivity index (χ0v) is 11.8. The van der Waals surface area contributed by atoms with Gasteiger partial charge in [0.15, 0.2) is 0 Å². The van der Waals surface area contributed by atoms with E-state index in [4.69, 9.17) is 5.11 Å². The summed E-state index contributed by atoms with van der Waals surface area (Å²) < 4.78 is 0. The van der Waals surface area contributed by atoms with E-state index in [1.165, 1.54) is 0 Å². The van der Waals surface area contributed by atoms with Gasteiger partial charge in [-0.05, 0) is 24.5 Å². The Morgan fingerprint density at radius 1 is 1.20 bits per heavy atom. The van der Waals surface area contributed by atoms with Gasteiger partial charge >= 0.3 is 0 Å².